The highest BCUT2D eigenvalue weighted by molar-refractivity contribution is 7.99. The molecule has 4 aromatic rings. The summed E-state index contributed by atoms with van der Waals surface area (Å²) in [7, 11) is 0. The van der Waals surface area contributed by atoms with E-state index in [0.717, 1.165) is 5.56 Å². The first-order valence-electron chi connectivity index (χ1n) is 9.74. The van der Waals surface area contributed by atoms with Crippen LogP contribution in [0.2, 0.25) is 0 Å². The van der Waals surface area contributed by atoms with Crippen molar-refractivity contribution in [3.05, 3.63) is 148 Å². The first-order valence-corrected chi connectivity index (χ1v) is 10.7. The quantitative estimate of drug-likeness (QED) is 0.190. The standard InChI is InChI=1S/C26H21NO2S/c28-27(29)25-18-10-11-21(19-25)20-30-26(22-12-4-1-5-13-22,23-14-6-2-7-15-23)24-16-8-3-9-17-24/h1-19H,20H2. The van der Waals surface area contributed by atoms with E-state index in [1.807, 2.05) is 24.3 Å². The van der Waals surface area contributed by atoms with E-state index in [-0.39, 0.29) is 10.6 Å². The molecule has 0 saturated carbocycles. The van der Waals surface area contributed by atoms with Gasteiger partial charge in [0, 0.05) is 17.9 Å². The third-order valence-corrected chi connectivity index (χ3v) is 6.74. The highest BCUT2D eigenvalue weighted by Crippen LogP contribution is 2.49. The largest absolute Gasteiger partial charge is 0.269 e. The van der Waals surface area contributed by atoms with Crippen LogP contribution in [0.15, 0.2) is 115 Å². The molecule has 0 saturated heterocycles. The third-order valence-electron chi connectivity index (χ3n) is 5.12. The predicted molar refractivity (Wildman–Crippen MR) is 124 cm³/mol. The van der Waals surface area contributed by atoms with E-state index in [9.17, 15) is 10.1 Å². The number of nitrogens with zero attached hydrogens (tertiary/aromatic N) is 1. The molecule has 4 rings (SSSR count). The Labute approximate surface area is 180 Å². The van der Waals surface area contributed by atoms with Crippen LogP contribution in [0.25, 0.3) is 0 Å². The number of rotatable bonds is 7. The zero-order valence-corrected chi connectivity index (χ0v) is 17.2. The van der Waals surface area contributed by atoms with Crippen LogP contribution in [-0.2, 0) is 10.5 Å². The van der Waals surface area contributed by atoms with E-state index in [2.05, 4.69) is 72.8 Å². The van der Waals surface area contributed by atoms with E-state index in [0.29, 0.717) is 5.75 Å². The van der Waals surface area contributed by atoms with Gasteiger partial charge in [-0.05, 0) is 22.3 Å². The van der Waals surface area contributed by atoms with Gasteiger partial charge in [0.1, 0.15) is 0 Å². The SMILES string of the molecule is O=[N+]([O-])c1cccc(CSC(c2ccccc2)(c2ccccc2)c2ccccc2)c1. The van der Waals surface area contributed by atoms with Crippen molar-refractivity contribution in [3.8, 4) is 0 Å². The van der Waals surface area contributed by atoms with E-state index in [4.69, 9.17) is 0 Å². The highest BCUT2D eigenvalue weighted by Gasteiger charge is 2.36. The molecule has 0 amide bonds. The molecule has 0 bridgehead atoms. The first kappa shape index (κ1) is 19.9. The fraction of sp³-hybridized carbons (Fsp3) is 0.0769. The second-order valence-corrected chi connectivity index (χ2v) is 8.18. The van der Waals surface area contributed by atoms with Gasteiger partial charge in [-0.3, -0.25) is 10.1 Å². The molecule has 0 N–H and O–H groups in total. The van der Waals surface area contributed by atoms with Crippen molar-refractivity contribution in [2.75, 3.05) is 0 Å². The van der Waals surface area contributed by atoms with Crippen LogP contribution < -0.4 is 0 Å². The Balaban J connectivity index is 1.85. The minimum atomic E-state index is -0.436. The summed E-state index contributed by atoms with van der Waals surface area (Å²) in [4.78, 5) is 10.9. The van der Waals surface area contributed by atoms with Crippen molar-refractivity contribution in [1.29, 1.82) is 0 Å². The molecule has 0 heterocycles. The summed E-state index contributed by atoms with van der Waals surface area (Å²) in [6.07, 6.45) is 0. The molecule has 0 aromatic heterocycles. The number of thioether (sulfide) groups is 1. The molecule has 3 nitrogen and oxygen atoms in total. The maximum Gasteiger partial charge on any atom is 0.269 e. The van der Waals surface area contributed by atoms with Crippen molar-refractivity contribution < 1.29 is 4.92 Å². The van der Waals surface area contributed by atoms with Gasteiger partial charge in [0.15, 0.2) is 0 Å². The molecule has 148 valence electrons. The second kappa shape index (κ2) is 8.97. The topological polar surface area (TPSA) is 43.1 Å². The van der Waals surface area contributed by atoms with Gasteiger partial charge in [-0.15, -0.1) is 11.8 Å². The number of non-ortho nitro benzene ring substituents is 1. The van der Waals surface area contributed by atoms with Crippen molar-refractivity contribution in [2.24, 2.45) is 0 Å². The van der Waals surface area contributed by atoms with Crippen LogP contribution >= 0.6 is 11.8 Å². The zero-order chi connectivity index (χ0) is 20.8. The predicted octanol–water partition coefficient (Wildman–Crippen LogP) is 6.82. The van der Waals surface area contributed by atoms with Crippen molar-refractivity contribution in [2.45, 2.75) is 10.5 Å². The van der Waals surface area contributed by atoms with E-state index < -0.39 is 4.75 Å². The minimum Gasteiger partial charge on any atom is -0.258 e. The van der Waals surface area contributed by atoms with E-state index in [1.54, 1.807) is 23.9 Å². The highest BCUT2D eigenvalue weighted by atomic mass is 32.2. The number of nitro groups is 1. The summed E-state index contributed by atoms with van der Waals surface area (Å²) < 4.78 is -0.436. The number of hydrogen-bond acceptors (Lipinski definition) is 3. The van der Waals surface area contributed by atoms with Crippen LogP contribution in [0.5, 0.6) is 0 Å². The van der Waals surface area contributed by atoms with Gasteiger partial charge in [-0.2, -0.15) is 0 Å². The minimum absolute atomic E-state index is 0.123. The van der Waals surface area contributed by atoms with Gasteiger partial charge in [0.25, 0.3) is 5.69 Å². The Bertz CT molecular complexity index is 1020. The molecule has 0 radical (unpaired) electrons. The first-order chi connectivity index (χ1) is 14.7. The van der Waals surface area contributed by atoms with Crippen molar-refractivity contribution in [1.82, 2.24) is 0 Å². The molecule has 0 fully saturated rings. The summed E-state index contributed by atoms with van der Waals surface area (Å²) in [5.41, 5.74) is 4.59. The molecule has 0 aliphatic carbocycles. The lowest BCUT2D eigenvalue weighted by atomic mass is 9.84. The molecule has 4 heteroatoms. The molecular formula is C26H21NO2S. The molecule has 0 aliphatic rings. The molecule has 0 aliphatic heterocycles. The van der Waals surface area contributed by atoms with Crippen molar-refractivity contribution in [3.63, 3.8) is 0 Å². The summed E-state index contributed by atoms with van der Waals surface area (Å²) in [5.74, 6) is 0.639. The maximum atomic E-state index is 11.2. The molecule has 0 unspecified atom stereocenters. The van der Waals surface area contributed by atoms with Gasteiger partial charge >= 0.3 is 0 Å². The lowest BCUT2D eigenvalue weighted by Crippen LogP contribution is -2.25. The fourth-order valence-electron chi connectivity index (χ4n) is 3.72. The van der Waals surface area contributed by atoms with Crippen molar-refractivity contribution >= 4 is 17.4 Å². The normalized spacial score (nSPS) is 11.2. The number of benzene rings is 4. The summed E-state index contributed by atoms with van der Waals surface area (Å²) >= 11 is 1.78. The molecule has 0 atom stereocenters. The second-order valence-electron chi connectivity index (χ2n) is 6.99. The van der Waals surface area contributed by atoms with Crippen LogP contribution in [0.3, 0.4) is 0 Å². The Morgan fingerprint density at radius 1 is 0.667 bits per heavy atom. The molecule has 30 heavy (non-hydrogen) atoms. The van der Waals surface area contributed by atoms with Gasteiger partial charge in [0.2, 0.25) is 0 Å². The summed E-state index contributed by atoms with van der Waals surface area (Å²) in [6, 6.07) is 38.2. The lowest BCUT2D eigenvalue weighted by molar-refractivity contribution is -0.384. The zero-order valence-electron chi connectivity index (χ0n) is 16.3. The van der Waals surface area contributed by atoms with Crippen LogP contribution in [-0.4, -0.2) is 4.92 Å². The summed E-state index contributed by atoms with van der Waals surface area (Å²) in [6.45, 7) is 0. The smallest absolute Gasteiger partial charge is 0.258 e. The number of nitro benzene ring substituents is 1. The monoisotopic (exact) mass is 411 g/mol. The molecule has 0 spiro atoms. The molecule has 4 aromatic carbocycles. The molecular weight excluding hydrogens is 390 g/mol. The van der Waals surface area contributed by atoms with Crippen LogP contribution in [0.4, 0.5) is 5.69 Å². The van der Waals surface area contributed by atoms with Crippen LogP contribution in [0.1, 0.15) is 22.3 Å². The van der Waals surface area contributed by atoms with Crippen LogP contribution in [0, 0.1) is 10.1 Å². The van der Waals surface area contributed by atoms with Gasteiger partial charge in [-0.1, -0.05) is 103 Å². The lowest BCUT2D eigenvalue weighted by Gasteiger charge is -2.35. The summed E-state index contributed by atoms with van der Waals surface area (Å²) in [5, 5.41) is 11.2. The average Bonchev–Trinajstić information content (AvgIpc) is 2.82. The van der Waals surface area contributed by atoms with Gasteiger partial charge in [-0.25, -0.2) is 0 Å². The Hall–Kier alpha value is -3.37. The maximum absolute atomic E-state index is 11.2. The fourth-order valence-corrected chi connectivity index (χ4v) is 5.19. The average molecular weight is 412 g/mol. The Kier molecular flexibility index (Phi) is 5.96. The number of hydrogen-bond donors (Lipinski definition) is 0. The van der Waals surface area contributed by atoms with E-state index >= 15 is 0 Å². The van der Waals surface area contributed by atoms with Gasteiger partial charge < -0.3 is 0 Å². The Morgan fingerprint density at radius 2 is 1.13 bits per heavy atom. The van der Waals surface area contributed by atoms with E-state index in [1.165, 1.54) is 22.8 Å². The van der Waals surface area contributed by atoms with Gasteiger partial charge in [0.05, 0.1) is 9.67 Å². The third kappa shape index (κ3) is 4.00. The Morgan fingerprint density at radius 3 is 1.57 bits per heavy atom.